The molecule has 0 spiro atoms. The molecule has 0 saturated carbocycles. The predicted octanol–water partition coefficient (Wildman–Crippen LogP) is 1.54. The molecule has 116 valence electrons. The number of carbonyl (C=O) groups excluding carboxylic acids is 1. The van der Waals surface area contributed by atoms with Gasteiger partial charge in [-0.2, -0.15) is 0 Å². The van der Waals surface area contributed by atoms with Gasteiger partial charge in [-0.15, -0.1) is 0 Å². The van der Waals surface area contributed by atoms with Gasteiger partial charge in [-0.25, -0.2) is 4.98 Å². The van der Waals surface area contributed by atoms with E-state index in [1.54, 1.807) is 13.1 Å². The molecule has 1 heterocycles. The molecule has 21 heavy (non-hydrogen) atoms. The predicted molar refractivity (Wildman–Crippen MR) is 86.4 cm³/mol. The van der Waals surface area contributed by atoms with Crippen LogP contribution in [0.3, 0.4) is 0 Å². The molecule has 1 aromatic heterocycles. The van der Waals surface area contributed by atoms with E-state index in [1.165, 1.54) is 0 Å². The van der Waals surface area contributed by atoms with Crippen LogP contribution in [-0.2, 0) is 4.79 Å². The number of aromatic nitrogens is 1. The van der Waals surface area contributed by atoms with E-state index in [2.05, 4.69) is 39.8 Å². The molecule has 1 amide bonds. The monoisotopic (exact) mass is 291 g/mol. The first kappa shape index (κ1) is 16.9. The lowest BCUT2D eigenvalue weighted by Crippen LogP contribution is -2.40. The number of aryl methyl sites for hydroxylation is 1. The summed E-state index contributed by atoms with van der Waals surface area (Å²) < 4.78 is 0. The average molecular weight is 291 g/mol. The van der Waals surface area contributed by atoms with Crippen molar-refractivity contribution in [2.24, 2.45) is 10.9 Å². The van der Waals surface area contributed by atoms with Gasteiger partial charge in [0.25, 0.3) is 0 Å². The van der Waals surface area contributed by atoms with E-state index < -0.39 is 0 Å². The van der Waals surface area contributed by atoms with Gasteiger partial charge in [-0.3, -0.25) is 9.79 Å². The molecule has 0 unspecified atom stereocenters. The second-order valence-corrected chi connectivity index (χ2v) is 5.24. The molecule has 0 aromatic carbocycles. The molecule has 1 rings (SSSR count). The van der Waals surface area contributed by atoms with Gasteiger partial charge in [0.1, 0.15) is 5.82 Å². The zero-order valence-corrected chi connectivity index (χ0v) is 13.2. The Kier molecular flexibility index (Phi) is 7.21. The highest BCUT2D eigenvalue weighted by Gasteiger charge is 2.04. The quantitative estimate of drug-likeness (QED) is 0.549. The van der Waals surface area contributed by atoms with Crippen LogP contribution in [0.5, 0.6) is 0 Å². The van der Waals surface area contributed by atoms with Gasteiger partial charge >= 0.3 is 0 Å². The van der Waals surface area contributed by atoms with Gasteiger partial charge in [0.15, 0.2) is 5.96 Å². The van der Waals surface area contributed by atoms with Crippen LogP contribution in [0, 0.1) is 12.8 Å². The van der Waals surface area contributed by atoms with Crippen LogP contribution in [0.2, 0.25) is 0 Å². The molecular formula is C15H25N5O. The lowest BCUT2D eigenvalue weighted by molar-refractivity contribution is -0.116. The number of aliphatic imine (C=N–C) groups is 1. The normalized spacial score (nSPS) is 11.4. The van der Waals surface area contributed by atoms with Gasteiger partial charge in [0, 0.05) is 32.3 Å². The largest absolute Gasteiger partial charge is 0.356 e. The summed E-state index contributed by atoms with van der Waals surface area (Å²) in [5.41, 5.74) is 0.879. The summed E-state index contributed by atoms with van der Waals surface area (Å²) in [5, 5.41) is 9.08. The average Bonchev–Trinajstić information content (AvgIpc) is 2.42. The van der Waals surface area contributed by atoms with Crippen molar-refractivity contribution in [1.29, 1.82) is 0 Å². The summed E-state index contributed by atoms with van der Waals surface area (Å²) in [5.74, 6) is 1.77. The van der Waals surface area contributed by atoms with E-state index in [9.17, 15) is 4.79 Å². The fourth-order valence-electron chi connectivity index (χ4n) is 1.63. The maximum absolute atomic E-state index is 11.8. The molecule has 0 radical (unpaired) electrons. The maximum atomic E-state index is 11.8. The number of hydrogen-bond donors (Lipinski definition) is 3. The minimum atomic E-state index is -0.0695. The molecule has 0 aliphatic rings. The first-order valence-corrected chi connectivity index (χ1v) is 7.19. The van der Waals surface area contributed by atoms with Gasteiger partial charge < -0.3 is 16.0 Å². The Morgan fingerprint density at radius 3 is 2.71 bits per heavy atom. The fraction of sp³-hybridized carbons (Fsp3) is 0.533. The Hall–Kier alpha value is -2.11. The molecular weight excluding hydrogens is 266 g/mol. The fourth-order valence-corrected chi connectivity index (χ4v) is 1.63. The Bertz CT molecular complexity index is 485. The van der Waals surface area contributed by atoms with E-state index in [1.807, 2.05) is 19.1 Å². The number of hydrogen-bond acceptors (Lipinski definition) is 3. The summed E-state index contributed by atoms with van der Waals surface area (Å²) in [6.45, 7) is 7.52. The summed E-state index contributed by atoms with van der Waals surface area (Å²) in [6, 6.07) is 5.54. The van der Waals surface area contributed by atoms with Crippen molar-refractivity contribution in [3.8, 4) is 0 Å². The number of nitrogens with one attached hydrogen (secondary N) is 3. The summed E-state index contributed by atoms with van der Waals surface area (Å²) in [4.78, 5) is 20.1. The molecule has 6 nitrogen and oxygen atoms in total. The standard InChI is InChI=1S/C15H25N5O/c1-11(2)10-18-15(16-4)17-9-8-14(21)20-13-7-5-6-12(3)19-13/h5-7,11H,8-10H2,1-4H3,(H2,16,17,18)(H,19,20,21). The van der Waals surface area contributed by atoms with Crippen molar-refractivity contribution >= 4 is 17.7 Å². The lowest BCUT2D eigenvalue weighted by Gasteiger charge is -2.13. The van der Waals surface area contributed by atoms with Crippen molar-refractivity contribution < 1.29 is 4.79 Å². The van der Waals surface area contributed by atoms with E-state index in [4.69, 9.17) is 0 Å². The van der Waals surface area contributed by atoms with Crippen LogP contribution in [0.15, 0.2) is 23.2 Å². The smallest absolute Gasteiger partial charge is 0.227 e. The Morgan fingerprint density at radius 1 is 1.33 bits per heavy atom. The molecule has 1 aromatic rings. The lowest BCUT2D eigenvalue weighted by atomic mass is 10.2. The Balaban J connectivity index is 2.29. The highest BCUT2D eigenvalue weighted by Crippen LogP contribution is 2.03. The van der Waals surface area contributed by atoms with Crippen LogP contribution in [0.1, 0.15) is 26.0 Å². The summed E-state index contributed by atoms with van der Waals surface area (Å²) in [6.07, 6.45) is 0.359. The number of pyridine rings is 1. The third kappa shape index (κ3) is 7.29. The van der Waals surface area contributed by atoms with Crippen molar-refractivity contribution in [3.05, 3.63) is 23.9 Å². The molecule has 3 N–H and O–H groups in total. The van der Waals surface area contributed by atoms with Crippen molar-refractivity contribution in [3.63, 3.8) is 0 Å². The van der Waals surface area contributed by atoms with Crippen LogP contribution in [0.4, 0.5) is 5.82 Å². The maximum Gasteiger partial charge on any atom is 0.227 e. The Morgan fingerprint density at radius 2 is 2.10 bits per heavy atom. The number of amides is 1. The van der Waals surface area contributed by atoms with Gasteiger partial charge in [-0.05, 0) is 25.0 Å². The second kappa shape index (κ2) is 8.94. The summed E-state index contributed by atoms with van der Waals surface area (Å²) in [7, 11) is 1.71. The first-order chi connectivity index (χ1) is 10.0. The van der Waals surface area contributed by atoms with Gasteiger partial charge in [-0.1, -0.05) is 19.9 Å². The van der Waals surface area contributed by atoms with E-state index in [0.29, 0.717) is 30.7 Å². The third-order valence-corrected chi connectivity index (χ3v) is 2.70. The molecule has 0 aliphatic carbocycles. The Labute approximate surface area is 126 Å². The molecule has 0 atom stereocenters. The molecule has 6 heteroatoms. The van der Waals surface area contributed by atoms with E-state index >= 15 is 0 Å². The van der Waals surface area contributed by atoms with Crippen molar-refractivity contribution in [2.45, 2.75) is 27.2 Å². The SMILES string of the molecule is CN=C(NCCC(=O)Nc1cccc(C)n1)NCC(C)C. The summed E-state index contributed by atoms with van der Waals surface area (Å²) >= 11 is 0. The third-order valence-electron chi connectivity index (χ3n) is 2.70. The highest BCUT2D eigenvalue weighted by atomic mass is 16.1. The molecule has 0 aliphatic heterocycles. The number of carbonyl (C=O) groups is 1. The van der Waals surface area contributed by atoms with Gasteiger partial charge in [0.05, 0.1) is 0 Å². The number of rotatable bonds is 6. The molecule has 0 fully saturated rings. The molecule has 0 bridgehead atoms. The first-order valence-electron chi connectivity index (χ1n) is 7.19. The topological polar surface area (TPSA) is 78.4 Å². The minimum absolute atomic E-state index is 0.0695. The number of anilines is 1. The molecule has 0 saturated heterocycles. The minimum Gasteiger partial charge on any atom is -0.356 e. The number of guanidine groups is 1. The van der Waals surface area contributed by atoms with E-state index in [0.717, 1.165) is 12.2 Å². The number of nitrogens with zero attached hydrogens (tertiary/aromatic N) is 2. The van der Waals surface area contributed by atoms with Crippen LogP contribution >= 0.6 is 0 Å². The van der Waals surface area contributed by atoms with Crippen LogP contribution in [0.25, 0.3) is 0 Å². The van der Waals surface area contributed by atoms with E-state index in [-0.39, 0.29) is 5.91 Å². The van der Waals surface area contributed by atoms with Crippen molar-refractivity contribution in [2.75, 3.05) is 25.5 Å². The van der Waals surface area contributed by atoms with Gasteiger partial charge in [0.2, 0.25) is 5.91 Å². The van der Waals surface area contributed by atoms with Crippen LogP contribution < -0.4 is 16.0 Å². The van der Waals surface area contributed by atoms with Crippen LogP contribution in [-0.4, -0.2) is 37.0 Å². The zero-order valence-electron chi connectivity index (χ0n) is 13.2. The highest BCUT2D eigenvalue weighted by molar-refractivity contribution is 5.90. The zero-order chi connectivity index (χ0) is 15.7. The van der Waals surface area contributed by atoms with Crippen molar-refractivity contribution in [1.82, 2.24) is 15.6 Å². The second-order valence-electron chi connectivity index (χ2n) is 5.24.